The third kappa shape index (κ3) is 3.96. The van der Waals surface area contributed by atoms with Crippen LogP contribution in [0.1, 0.15) is 47.4 Å². The van der Waals surface area contributed by atoms with Crippen LogP contribution in [0.5, 0.6) is 11.5 Å². The second kappa shape index (κ2) is 8.12. The van der Waals surface area contributed by atoms with Crippen LogP contribution in [-0.2, 0) is 12.8 Å². The molecule has 0 saturated heterocycles. The second-order valence-electron chi connectivity index (χ2n) is 9.21. The number of ether oxygens (including phenoxy) is 1. The highest BCUT2D eigenvalue weighted by molar-refractivity contribution is 6.02. The van der Waals surface area contributed by atoms with Gasteiger partial charge in [0.05, 0.1) is 5.69 Å². The van der Waals surface area contributed by atoms with Crippen LogP contribution in [0, 0.1) is 5.41 Å². The fourth-order valence-electron chi connectivity index (χ4n) is 4.63. The van der Waals surface area contributed by atoms with Crippen molar-refractivity contribution in [2.45, 2.75) is 33.1 Å². The molecule has 2 aromatic heterocycles. The van der Waals surface area contributed by atoms with Crippen molar-refractivity contribution in [2.75, 3.05) is 0 Å². The molecule has 4 nitrogen and oxygen atoms in total. The van der Waals surface area contributed by atoms with Crippen LogP contribution < -0.4 is 4.74 Å². The van der Waals surface area contributed by atoms with Gasteiger partial charge in [0.1, 0.15) is 11.5 Å². The molecule has 0 radical (unpaired) electrons. The maximum atomic E-state index is 13.3. The Bertz CT molecular complexity index is 1260. The highest BCUT2D eigenvalue weighted by atomic mass is 16.5. The van der Waals surface area contributed by atoms with Crippen LogP contribution in [0.15, 0.2) is 79.1 Å². The summed E-state index contributed by atoms with van der Waals surface area (Å²) in [6.07, 6.45) is 5.60. The Kier molecular flexibility index (Phi) is 5.14. The number of rotatable bonds is 5. The zero-order valence-corrected chi connectivity index (χ0v) is 18.4. The molecule has 1 aliphatic carbocycles. The number of nitrogens with one attached hydrogen (secondary N) is 1. The van der Waals surface area contributed by atoms with Gasteiger partial charge in [-0.2, -0.15) is 0 Å². The third-order valence-electron chi connectivity index (χ3n) is 6.03. The van der Waals surface area contributed by atoms with Crippen LogP contribution in [-0.4, -0.2) is 15.8 Å². The standard InChI is InChI=1S/C28H26N2O2/c1-28(2)17-23-26(24(31)18-28)22(27(30-23)19-12-14-29-15-13-19)16-20-8-6-7-11-25(20)32-21-9-4-3-5-10-21/h3-15,30H,16-18H2,1-2H3. The van der Waals surface area contributed by atoms with Crippen LogP contribution >= 0.6 is 0 Å². The van der Waals surface area contributed by atoms with E-state index in [9.17, 15) is 4.79 Å². The van der Waals surface area contributed by atoms with E-state index in [4.69, 9.17) is 4.74 Å². The number of benzene rings is 2. The first-order valence-corrected chi connectivity index (χ1v) is 11.0. The molecule has 0 spiro atoms. The number of para-hydroxylation sites is 2. The number of hydrogen-bond donors (Lipinski definition) is 1. The SMILES string of the molecule is CC1(C)CC(=O)c2c([nH]c(-c3ccncc3)c2Cc2ccccc2Oc2ccccc2)C1. The maximum Gasteiger partial charge on any atom is 0.165 e. The summed E-state index contributed by atoms with van der Waals surface area (Å²) in [5.41, 5.74) is 5.97. The van der Waals surface area contributed by atoms with Gasteiger partial charge in [-0.25, -0.2) is 0 Å². The minimum atomic E-state index is -0.0456. The molecule has 2 heterocycles. The molecular formula is C28H26N2O2. The normalized spacial score (nSPS) is 14.8. The van der Waals surface area contributed by atoms with Gasteiger partial charge in [-0.05, 0) is 53.3 Å². The molecule has 1 N–H and O–H groups in total. The molecule has 0 saturated carbocycles. The van der Waals surface area contributed by atoms with Gasteiger partial charge in [0.25, 0.3) is 0 Å². The quantitative estimate of drug-likeness (QED) is 0.393. The Hall–Kier alpha value is -3.66. The first-order chi connectivity index (χ1) is 15.5. The number of aromatic amines is 1. The first kappa shape index (κ1) is 20.3. The number of nitrogens with zero attached hydrogens (tertiary/aromatic N) is 1. The molecule has 0 atom stereocenters. The molecule has 0 unspecified atom stereocenters. The molecule has 0 amide bonds. The fraction of sp³-hybridized carbons (Fsp3) is 0.214. The van der Waals surface area contributed by atoms with Gasteiger partial charge in [0, 0.05) is 42.1 Å². The molecule has 0 bridgehead atoms. The molecular weight excluding hydrogens is 396 g/mol. The van der Waals surface area contributed by atoms with E-state index in [1.807, 2.05) is 60.7 Å². The Balaban J connectivity index is 1.60. The van der Waals surface area contributed by atoms with Crippen molar-refractivity contribution >= 4 is 5.78 Å². The van der Waals surface area contributed by atoms with E-state index < -0.39 is 0 Å². The number of aromatic nitrogens is 2. The zero-order valence-electron chi connectivity index (χ0n) is 18.4. The predicted molar refractivity (Wildman–Crippen MR) is 126 cm³/mol. The zero-order chi connectivity index (χ0) is 22.1. The lowest BCUT2D eigenvalue weighted by atomic mass is 9.75. The molecule has 0 fully saturated rings. The van der Waals surface area contributed by atoms with Crippen molar-refractivity contribution in [1.82, 2.24) is 9.97 Å². The molecule has 160 valence electrons. The topological polar surface area (TPSA) is 55.0 Å². The number of Topliss-reactive ketones (excluding diaryl/α,β-unsaturated/α-hetero) is 1. The van der Waals surface area contributed by atoms with Gasteiger partial charge < -0.3 is 9.72 Å². The summed E-state index contributed by atoms with van der Waals surface area (Å²) in [5, 5.41) is 0. The van der Waals surface area contributed by atoms with E-state index in [-0.39, 0.29) is 11.2 Å². The Morgan fingerprint density at radius 2 is 1.66 bits per heavy atom. The molecule has 4 heteroatoms. The monoisotopic (exact) mass is 422 g/mol. The second-order valence-corrected chi connectivity index (χ2v) is 9.21. The van der Waals surface area contributed by atoms with Crippen molar-refractivity contribution in [1.29, 1.82) is 0 Å². The van der Waals surface area contributed by atoms with Crippen LogP contribution in [0.3, 0.4) is 0 Å². The van der Waals surface area contributed by atoms with E-state index in [0.29, 0.717) is 12.8 Å². The summed E-state index contributed by atoms with van der Waals surface area (Å²) in [5.74, 6) is 1.81. The Morgan fingerprint density at radius 1 is 0.938 bits per heavy atom. The molecule has 0 aliphatic heterocycles. The van der Waals surface area contributed by atoms with E-state index in [1.54, 1.807) is 12.4 Å². The molecule has 5 rings (SSSR count). The van der Waals surface area contributed by atoms with Crippen LogP contribution in [0.4, 0.5) is 0 Å². The third-order valence-corrected chi connectivity index (χ3v) is 6.03. The lowest BCUT2D eigenvalue weighted by Crippen LogP contribution is -2.27. The summed E-state index contributed by atoms with van der Waals surface area (Å²) in [6, 6.07) is 21.8. The predicted octanol–water partition coefficient (Wildman–Crippen LogP) is 6.61. The number of carbonyl (C=O) groups excluding carboxylic acids is 1. The molecule has 2 aromatic carbocycles. The van der Waals surface area contributed by atoms with Crippen molar-refractivity contribution in [2.24, 2.45) is 5.41 Å². The van der Waals surface area contributed by atoms with E-state index in [0.717, 1.165) is 51.6 Å². The van der Waals surface area contributed by atoms with Gasteiger partial charge in [0.2, 0.25) is 0 Å². The van der Waals surface area contributed by atoms with Crippen LogP contribution in [0.2, 0.25) is 0 Å². The maximum absolute atomic E-state index is 13.3. The first-order valence-electron chi connectivity index (χ1n) is 11.0. The highest BCUT2D eigenvalue weighted by Crippen LogP contribution is 2.41. The Labute approximate surface area is 188 Å². The van der Waals surface area contributed by atoms with E-state index in [2.05, 4.69) is 29.9 Å². The minimum absolute atomic E-state index is 0.0456. The molecule has 4 aromatic rings. The number of hydrogen-bond acceptors (Lipinski definition) is 3. The van der Waals surface area contributed by atoms with Gasteiger partial charge in [-0.1, -0.05) is 50.2 Å². The number of carbonyl (C=O) groups is 1. The number of ketones is 1. The molecule has 32 heavy (non-hydrogen) atoms. The van der Waals surface area contributed by atoms with Gasteiger partial charge in [0.15, 0.2) is 5.78 Å². The smallest absolute Gasteiger partial charge is 0.165 e. The van der Waals surface area contributed by atoms with Gasteiger partial charge >= 0.3 is 0 Å². The van der Waals surface area contributed by atoms with Gasteiger partial charge in [-0.3, -0.25) is 9.78 Å². The lowest BCUT2D eigenvalue weighted by molar-refractivity contribution is 0.0911. The number of pyridine rings is 1. The van der Waals surface area contributed by atoms with E-state index in [1.165, 1.54) is 0 Å². The summed E-state index contributed by atoms with van der Waals surface area (Å²) < 4.78 is 6.20. The van der Waals surface area contributed by atoms with Gasteiger partial charge in [-0.15, -0.1) is 0 Å². The average Bonchev–Trinajstić information content (AvgIpc) is 3.13. The summed E-state index contributed by atoms with van der Waals surface area (Å²) in [6.45, 7) is 4.31. The van der Waals surface area contributed by atoms with Crippen LogP contribution in [0.25, 0.3) is 11.3 Å². The van der Waals surface area contributed by atoms with Crippen molar-refractivity contribution < 1.29 is 9.53 Å². The van der Waals surface area contributed by atoms with Crippen molar-refractivity contribution in [3.63, 3.8) is 0 Å². The number of H-pyrrole nitrogens is 1. The summed E-state index contributed by atoms with van der Waals surface area (Å²) in [7, 11) is 0. The lowest BCUT2D eigenvalue weighted by Gasteiger charge is -2.28. The summed E-state index contributed by atoms with van der Waals surface area (Å²) >= 11 is 0. The summed E-state index contributed by atoms with van der Waals surface area (Å²) in [4.78, 5) is 21.0. The minimum Gasteiger partial charge on any atom is -0.457 e. The molecule has 1 aliphatic rings. The van der Waals surface area contributed by atoms with Crippen molar-refractivity contribution in [3.8, 4) is 22.8 Å². The highest BCUT2D eigenvalue weighted by Gasteiger charge is 2.35. The van der Waals surface area contributed by atoms with Crippen molar-refractivity contribution in [3.05, 3.63) is 102 Å². The Morgan fingerprint density at radius 3 is 2.44 bits per heavy atom. The van der Waals surface area contributed by atoms with E-state index >= 15 is 0 Å². The average molecular weight is 423 g/mol. The largest absolute Gasteiger partial charge is 0.457 e. The number of fused-ring (bicyclic) bond motifs is 1. The fourth-order valence-corrected chi connectivity index (χ4v) is 4.63.